The van der Waals surface area contributed by atoms with Crippen LogP contribution >= 0.6 is 0 Å². The highest BCUT2D eigenvalue weighted by Crippen LogP contribution is 2.31. The number of phenols is 1. The van der Waals surface area contributed by atoms with Crippen LogP contribution in [-0.2, 0) is 4.79 Å². The van der Waals surface area contributed by atoms with Crippen LogP contribution in [0.5, 0.6) is 11.5 Å². The Morgan fingerprint density at radius 3 is 2.80 bits per heavy atom. The number of amides is 1. The number of hydrogen-bond acceptors (Lipinski definition) is 4. The summed E-state index contributed by atoms with van der Waals surface area (Å²) in [6.07, 6.45) is -1.48. The summed E-state index contributed by atoms with van der Waals surface area (Å²) in [5.41, 5.74) is -0.154. The van der Waals surface area contributed by atoms with Crippen LogP contribution in [-0.4, -0.2) is 30.0 Å². The Labute approximate surface area is 112 Å². The number of carbonyl (C=O) groups is 1. The van der Waals surface area contributed by atoms with Gasteiger partial charge in [-0.25, -0.2) is 0 Å². The highest BCUT2D eigenvalue weighted by molar-refractivity contribution is 5.97. The molecule has 0 saturated carbocycles. The van der Waals surface area contributed by atoms with Crippen molar-refractivity contribution in [1.29, 1.82) is 0 Å². The van der Waals surface area contributed by atoms with Gasteiger partial charge in [0.1, 0.15) is 17.5 Å². The number of rotatable bonds is 3. The van der Waals surface area contributed by atoms with E-state index in [0.717, 1.165) is 18.2 Å². The van der Waals surface area contributed by atoms with Gasteiger partial charge in [0.25, 0.3) is 0 Å². The second kappa shape index (κ2) is 5.41. The molecule has 108 valence electrons. The standard InChI is InChI=1S/C12H11F3N2O3/c13-12(14,15)20-7-3-4-10(18)9(6-7)17-11(19)8-2-1-5-16-8/h1-4,6,8,16,18H,5H2,(H,17,19). The fraction of sp³-hybridized carbons (Fsp3) is 0.250. The van der Waals surface area contributed by atoms with Crippen LogP contribution in [0.15, 0.2) is 30.4 Å². The van der Waals surface area contributed by atoms with Crippen LogP contribution in [0.25, 0.3) is 0 Å². The minimum absolute atomic E-state index is 0.154. The number of ether oxygens (including phenoxy) is 1. The maximum absolute atomic E-state index is 12.1. The summed E-state index contributed by atoms with van der Waals surface area (Å²) in [5.74, 6) is -1.37. The highest BCUT2D eigenvalue weighted by Gasteiger charge is 2.31. The molecule has 0 fully saturated rings. The van der Waals surface area contributed by atoms with Crippen molar-refractivity contribution in [2.75, 3.05) is 11.9 Å². The lowest BCUT2D eigenvalue weighted by atomic mass is 10.2. The van der Waals surface area contributed by atoms with Crippen LogP contribution in [0.3, 0.4) is 0 Å². The fourth-order valence-electron chi connectivity index (χ4n) is 1.67. The Hall–Kier alpha value is -2.22. The first-order valence-electron chi connectivity index (χ1n) is 5.65. The summed E-state index contributed by atoms with van der Waals surface area (Å²) in [6.45, 7) is 0.529. The molecule has 1 heterocycles. The molecule has 1 aliphatic rings. The second-order valence-corrected chi connectivity index (χ2v) is 4.03. The van der Waals surface area contributed by atoms with Gasteiger partial charge in [0.2, 0.25) is 5.91 Å². The first-order chi connectivity index (χ1) is 9.35. The quantitative estimate of drug-likeness (QED) is 0.585. The van der Waals surface area contributed by atoms with Crippen LogP contribution in [0.4, 0.5) is 18.9 Å². The normalized spacial score (nSPS) is 18.1. The van der Waals surface area contributed by atoms with Crippen molar-refractivity contribution < 1.29 is 27.8 Å². The van der Waals surface area contributed by atoms with E-state index in [0.29, 0.717) is 6.54 Å². The third-order valence-corrected chi connectivity index (χ3v) is 2.53. The molecule has 0 saturated heterocycles. The van der Waals surface area contributed by atoms with Gasteiger partial charge >= 0.3 is 6.36 Å². The van der Waals surface area contributed by atoms with E-state index in [1.54, 1.807) is 12.2 Å². The summed E-state index contributed by atoms with van der Waals surface area (Å²) in [7, 11) is 0. The van der Waals surface area contributed by atoms with E-state index in [1.807, 2.05) is 0 Å². The molecule has 1 aromatic carbocycles. The lowest BCUT2D eigenvalue weighted by Crippen LogP contribution is -2.35. The summed E-state index contributed by atoms with van der Waals surface area (Å²) in [4.78, 5) is 11.8. The number of aromatic hydroxyl groups is 1. The summed E-state index contributed by atoms with van der Waals surface area (Å²) in [6, 6.07) is 2.28. The molecular formula is C12H11F3N2O3. The van der Waals surface area contributed by atoms with E-state index in [9.17, 15) is 23.1 Å². The molecule has 5 nitrogen and oxygen atoms in total. The van der Waals surface area contributed by atoms with Gasteiger partial charge in [-0.15, -0.1) is 13.2 Å². The van der Waals surface area contributed by atoms with Crippen molar-refractivity contribution in [3.63, 3.8) is 0 Å². The zero-order valence-electron chi connectivity index (χ0n) is 10.1. The van der Waals surface area contributed by atoms with Crippen molar-refractivity contribution in [3.8, 4) is 11.5 Å². The van der Waals surface area contributed by atoms with Gasteiger partial charge in [-0.3, -0.25) is 10.1 Å². The summed E-state index contributed by atoms with van der Waals surface area (Å²) >= 11 is 0. The number of alkyl halides is 3. The van der Waals surface area contributed by atoms with Crippen LogP contribution in [0, 0.1) is 0 Å². The average molecular weight is 288 g/mol. The molecule has 20 heavy (non-hydrogen) atoms. The minimum Gasteiger partial charge on any atom is -0.506 e. The molecule has 1 unspecified atom stereocenters. The number of carbonyl (C=O) groups excluding carboxylic acids is 1. The van der Waals surface area contributed by atoms with Crippen molar-refractivity contribution >= 4 is 11.6 Å². The number of nitrogens with one attached hydrogen (secondary N) is 2. The van der Waals surface area contributed by atoms with Gasteiger partial charge in [0.05, 0.1) is 5.69 Å². The molecule has 1 aliphatic heterocycles. The van der Waals surface area contributed by atoms with E-state index < -0.39 is 24.1 Å². The Morgan fingerprint density at radius 1 is 1.45 bits per heavy atom. The van der Waals surface area contributed by atoms with Gasteiger partial charge in [-0.05, 0) is 12.1 Å². The van der Waals surface area contributed by atoms with Gasteiger partial charge in [0, 0.05) is 12.6 Å². The van der Waals surface area contributed by atoms with Crippen LogP contribution < -0.4 is 15.4 Å². The smallest absolute Gasteiger partial charge is 0.506 e. The summed E-state index contributed by atoms with van der Waals surface area (Å²) < 4.78 is 40.0. The molecule has 1 aromatic rings. The van der Waals surface area contributed by atoms with Gasteiger partial charge < -0.3 is 15.2 Å². The van der Waals surface area contributed by atoms with E-state index in [4.69, 9.17) is 0 Å². The maximum atomic E-state index is 12.1. The molecule has 1 amide bonds. The predicted octanol–water partition coefficient (Wildman–Crippen LogP) is 1.76. The molecular weight excluding hydrogens is 277 g/mol. The molecule has 2 rings (SSSR count). The SMILES string of the molecule is O=C(Nc1cc(OC(F)(F)F)ccc1O)C1C=CCN1. The molecule has 0 aromatic heterocycles. The lowest BCUT2D eigenvalue weighted by molar-refractivity contribution is -0.274. The number of halogens is 3. The van der Waals surface area contributed by atoms with E-state index >= 15 is 0 Å². The topological polar surface area (TPSA) is 70.6 Å². The zero-order chi connectivity index (χ0) is 14.8. The van der Waals surface area contributed by atoms with Gasteiger partial charge in [-0.2, -0.15) is 0 Å². The van der Waals surface area contributed by atoms with Gasteiger partial charge in [-0.1, -0.05) is 12.2 Å². The first kappa shape index (κ1) is 14.2. The van der Waals surface area contributed by atoms with E-state index in [1.165, 1.54) is 0 Å². The monoisotopic (exact) mass is 288 g/mol. The molecule has 8 heteroatoms. The molecule has 0 radical (unpaired) electrons. The lowest BCUT2D eigenvalue weighted by Gasteiger charge is -2.14. The van der Waals surface area contributed by atoms with Crippen molar-refractivity contribution in [3.05, 3.63) is 30.4 Å². The van der Waals surface area contributed by atoms with Crippen molar-refractivity contribution in [2.45, 2.75) is 12.4 Å². The highest BCUT2D eigenvalue weighted by atomic mass is 19.4. The molecule has 0 bridgehead atoms. The number of benzene rings is 1. The van der Waals surface area contributed by atoms with E-state index in [-0.39, 0.29) is 11.4 Å². The third-order valence-electron chi connectivity index (χ3n) is 2.53. The number of anilines is 1. The second-order valence-electron chi connectivity index (χ2n) is 4.03. The molecule has 3 N–H and O–H groups in total. The van der Waals surface area contributed by atoms with E-state index in [2.05, 4.69) is 15.4 Å². The Balaban J connectivity index is 2.12. The van der Waals surface area contributed by atoms with Crippen molar-refractivity contribution in [1.82, 2.24) is 5.32 Å². The molecule has 1 atom stereocenters. The number of phenolic OH excluding ortho intramolecular Hbond substituents is 1. The zero-order valence-corrected chi connectivity index (χ0v) is 10.1. The van der Waals surface area contributed by atoms with Crippen LogP contribution in [0.2, 0.25) is 0 Å². The van der Waals surface area contributed by atoms with Crippen molar-refractivity contribution in [2.24, 2.45) is 0 Å². The number of hydrogen-bond donors (Lipinski definition) is 3. The average Bonchev–Trinajstić information content (AvgIpc) is 2.85. The largest absolute Gasteiger partial charge is 0.573 e. The minimum atomic E-state index is -4.84. The Morgan fingerprint density at radius 2 is 2.20 bits per heavy atom. The molecule has 0 aliphatic carbocycles. The first-order valence-corrected chi connectivity index (χ1v) is 5.65. The third kappa shape index (κ3) is 3.64. The fourth-order valence-corrected chi connectivity index (χ4v) is 1.67. The molecule has 0 spiro atoms. The predicted molar refractivity (Wildman–Crippen MR) is 64.4 cm³/mol. The Kier molecular flexibility index (Phi) is 3.84. The van der Waals surface area contributed by atoms with Crippen LogP contribution in [0.1, 0.15) is 0 Å². The van der Waals surface area contributed by atoms with Gasteiger partial charge in [0.15, 0.2) is 0 Å². The summed E-state index contributed by atoms with van der Waals surface area (Å²) in [5, 5.41) is 14.7. The maximum Gasteiger partial charge on any atom is 0.573 e. The Bertz CT molecular complexity index is 543.